The van der Waals surface area contributed by atoms with Crippen LogP contribution < -0.4 is 5.32 Å². The first-order valence-corrected chi connectivity index (χ1v) is 10.5. The van der Waals surface area contributed by atoms with Crippen LogP contribution in [0.3, 0.4) is 0 Å². The lowest BCUT2D eigenvalue weighted by atomic mass is 10.1. The largest absolute Gasteiger partial charge is 0.478 e. The molecule has 8 heteroatoms. The third kappa shape index (κ3) is 4.71. The standard InChI is InChI=1S/C24H24N2O6/c1-15(27)26-13-20(19-6-2-3-7-21(19)26)23(28)25-18-11-16(10-17(12-18)24(29)30)14-32-22-8-4-5-9-31-22/h2-3,6-7,10-13,22H,4-5,8-9,14H2,1H3,(H,25,28)(H,29,30). The molecule has 2 aromatic carbocycles. The first-order valence-electron chi connectivity index (χ1n) is 10.5. The van der Waals surface area contributed by atoms with Gasteiger partial charge in [-0.25, -0.2) is 4.79 Å². The van der Waals surface area contributed by atoms with Crippen molar-refractivity contribution in [1.29, 1.82) is 0 Å². The summed E-state index contributed by atoms with van der Waals surface area (Å²) in [5.74, 6) is -1.76. The lowest BCUT2D eigenvalue weighted by Crippen LogP contribution is -2.22. The third-order valence-electron chi connectivity index (χ3n) is 5.37. The van der Waals surface area contributed by atoms with E-state index in [9.17, 15) is 19.5 Å². The van der Waals surface area contributed by atoms with Crippen molar-refractivity contribution in [2.24, 2.45) is 0 Å². The van der Waals surface area contributed by atoms with Gasteiger partial charge in [-0.1, -0.05) is 18.2 Å². The van der Waals surface area contributed by atoms with Crippen molar-refractivity contribution in [2.75, 3.05) is 11.9 Å². The number of aromatic carboxylic acids is 1. The Balaban J connectivity index is 1.58. The molecule has 1 amide bonds. The molecule has 1 saturated heterocycles. The number of hydrogen-bond acceptors (Lipinski definition) is 5. The Morgan fingerprint density at radius 3 is 2.72 bits per heavy atom. The number of carboxylic acid groups (broad SMARTS) is 1. The fraction of sp³-hybridized carbons (Fsp3) is 0.292. The number of fused-ring (bicyclic) bond motifs is 1. The van der Waals surface area contributed by atoms with Crippen molar-refractivity contribution in [1.82, 2.24) is 4.57 Å². The predicted octanol–water partition coefficient (Wildman–Crippen LogP) is 4.30. The van der Waals surface area contributed by atoms with Gasteiger partial charge >= 0.3 is 5.97 Å². The van der Waals surface area contributed by atoms with E-state index in [0.717, 1.165) is 19.3 Å². The van der Waals surface area contributed by atoms with Crippen LogP contribution in [0.1, 0.15) is 57.3 Å². The second-order valence-corrected chi connectivity index (χ2v) is 7.73. The summed E-state index contributed by atoms with van der Waals surface area (Å²) in [7, 11) is 0. The lowest BCUT2D eigenvalue weighted by molar-refractivity contribution is -0.168. The van der Waals surface area contributed by atoms with Crippen molar-refractivity contribution < 1.29 is 29.0 Å². The van der Waals surface area contributed by atoms with E-state index in [0.29, 0.717) is 34.3 Å². The first kappa shape index (κ1) is 21.7. The molecule has 1 aliphatic rings. The van der Waals surface area contributed by atoms with E-state index in [1.165, 1.54) is 29.8 Å². The molecule has 2 N–H and O–H groups in total. The molecule has 1 unspecified atom stereocenters. The monoisotopic (exact) mass is 436 g/mol. The maximum absolute atomic E-state index is 13.0. The average Bonchev–Trinajstić information content (AvgIpc) is 3.18. The van der Waals surface area contributed by atoms with Gasteiger partial charge in [0, 0.05) is 30.8 Å². The minimum absolute atomic E-state index is 0.0390. The Labute approximate surface area is 184 Å². The second-order valence-electron chi connectivity index (χ2n) is 7.73. The summed E-state index contributed by atoms with van der Waals surface area (Å²) in [5.41, 5.74) is 1.94. The van der Waals surface area contributed by atoms with Crippen LogP contribution in [-0.4, -0.2) is 40.4 Å². The number of ether oxygens (including phenoxy) is 2. The van der Waals surface area contributed by atoms with Crippen molar-refractivity contribution in [3.63, 3.8) is 0 Å². The number of carboxylic acids is 1. The zero-order chi connectivity index (χ0) is 22.7. The highest BCUT2D eigenvalue weighted by molar-refractivity contribution is 6.14. The van der Waals surface area contributed by atoms with Gasteiger partial charge in [-0.15, -0.1) is 0 Å². The Morgan fingerprint density at radius 2 is 2.00 bits per heavy atom. The van der Waals surface area contributed by atoms with E-state index in [1.807, 2.05) is 0 Å². The van der Waals surface area contributed by atoms with Crippen molar-refractivity contribution >= 4 is 34.4 Å². The van der Waals surface area contributed by atoms with Crippen LogP contribution in [0.2, 0.25) is 0 Å². The van der Waals surface area contributed by atoms with Gasteiger partial charge in [0.1, 0.15) is 0 Å². The highest BCUT2D eigenvalue weighted by Gasteiger charge is 2.19. The maximum atomic E-state index is 13.0. The molecule has 1 aliphatic heterocycles. The number of para-hydroxylation sites is 1. The first-order chi connectivity index (χ1) is 15.4. The van der Waals surface area contributed by atoms with E-state index in [-0.39, 0.29) is 24.4 Å². The highest BCUT2D eigenvalue weighted by atomic mass is 16.7. The van der Waals surface area contributed by atoms with Crippen LogP contribution in [0.5, 0.6) is 0 Å². The molecule has 2 heterocycles. The summed E-state index contributed by atoms with van der Waals surface area (Å²) in [6.45, 7) is 2.24. The van der Waals surface area contributed by atoms with Gasteiger partial charge in [-0.2, -0.15) is 0 Å². The molecule has 32 heavy (non-hydrogen) atoms. The fourth-order valence-electron chi connectivity index (χ4n) is 3.82. The summed E-state index contributed by atoms with van der Waals surface area (Å²) < 4.78 is 12.7. The molecule has 0 radical (unpaired) electrons. The van der Waals surface area contributed by atoms with E-state index in [4.69, 9.17) is 9.47 Å². The van der Waals surface area contributed by atoms with Gasteiger partial charge in [0.25, 0.3) is 5.91 Å². The molecule has 0 bridgehead atoms. The Kier molecular flexibility index (Phi) is 6.34. The molecule has 1 fully saturated rings. The molecule has 0 aliphatic carbocycles. The van der Waals surface area contributed by atoms with Gasteiger partial charge in [0.2, 0.25) is 5.91 Å². The topological polar surface area (TPSA) is 107 Å². The molecule has 166 valence electrons. The highest BCUT2D eigenvalue weighted by Crippen LogP contribution is 2.24. The minimum atomic E-state index is -1.11. The number of benzene rings is 2. The number of amides is 1. The molecule has 3 aromatic rings. The van der Waals surface area contributed by atoms with Crippen LogP contribution >= 0.6 is 0 Å². The van der Waals surface area contributed by atoms with Crippen molar-refractivity contribution in [2.45, 2.75) is 39.1 Å². The molecular weight excluding hydrogens is 412 g/mol. The molecule has 1 aromatic heterocycles. The number of hydrogen-bond donors (Lipinski definition) is 2. The summed E-state index contributed by atoms with van der Waals surface area (Å²) in [4.78, 5) is 36.6. The lowest BCUT2D eigenvalue weighted by Gasteiger charge is -2.22. The average molecular weight is 436 g/mol. The van der Waals surface area contributed by atoms with Gasteiger partial charge in [-0.3, -0.25) is 14.2 Å². The van der Waals surface area contributed by atoms with Crippen molar-refractivity contribution in [3.05, 3.63) is 65.4 Å². The molecule has 8 nitrogen and oxygen atoms in total. The van der Waals surface area contributed by atoms with Crippen LogP contribution in [0.15, 0.2) is 48.7 Å². The number of anilines is 1. The number of carbonyl (C=O) groups is 3. The normalized spacial score (nSPS) is 16.1. The maximum Gasteiger partial charge on any atom is 0.335 e. The van der Waals surface area contributed by atoms with E-state index < -0.39 is 11.9 Å². The summed E-state index contributed by atoms with van der Waals surface area (Å²) in [6.07, 6.45) is 4.00. The molecule has 0 saturated carbocycles. The third-order valence-corrected chi connectivity index (χ3v) is 5.37. The molecule has 1 atom stereocenters. The zero-order valence-electron chi connectivity index (χ0n) is 17.7. The van der Waals surface area contributed by atoms with Crippen molar-refractivity contribution in [3.8, 4) is 0 Å². The summed E-state index contributed by atoms with van der Waals surface area (Å²) in [6, 6.07) is 11.7. The van der Waals surface area contributed by atoms with E-state index >= 15 is 0 Å². The zero-order valence-corrected chi connectivity index (χ0v) is 17.7. The number of nitrogens with one attached hydrogen (secondary N) is 1. The van der Waals surface area contributed by atoms with Crippen LogP contribution in [0, 0.1) is 0 Å². The summed E-state index contributed by atoms with van der Waals surface area (Å²) in [5, 5.41) is 12.9. The second kappa shape index (κ2) is 9.33. The quantitative estimate of drug-likeness (QED) is 0.597. The Hall–Kier alpha value is -3.49. The Bertz CT molecular complexity index is 1180. The number of aromatic nitrogens is 1. The van der Waals surface area contributed by atoms with Crippen LogP contribution in [0.4, 0.5) is 5.69 Å². The number of carbonyl (C=O) groups excluding carboxylic acids is 2. The van der Waals surface area contributed by atoms with Gasteiger partial charge in [-0.05, 0) is 49.1 Å². The van der Waals surface area contributed by atoms with Gasteiger partial charge < -0.3 is 19.9 Å². The summed E-state index contributed by atoms with van der Waals surface area (Å²) >= 11 is 0. The van der Waals surface area contributed by atoms with E-state index in [2.05, 4.69) is 5.32 Å². The smallest absolute Gasteiger partial charge is 0.335 e. The van der Waals surface area contributed by atoms with Gasteiger partial charge in [0.05, 0.1) is 23.3 Å². The fourth-order valence-corrected chi connectivity index (χ4v) is 3.82. The number of nitrogens with zero attached hydrogens (tertiary/aromatic N) is 1. The molecular formula is C24H24N2O6. The predicted molar refractivity (Wildman–Crippen MR) is 118 cm³/mol. The molecule has 4 rings (SSSR count). The van der Waals surface area contributed by atoms with Crippen LogP contribution in [-0.2, 0) is 16.1 Å². The van der Waals surface area contributed by atoms with Crippen LogP contribution in [0.25, 0.3) is 10.9 Å². The SMILES string of the molecule is CC(=O)n1cc(C(=O)Nc2cc(COC3CCCCO3)cc(C(=O)O)c2)c2ccccc21. The van der Waals surface area contributed by atoms with Gasteiger partial charge in [0.15, 0.2) is 6.29 Å². The Morgan fingerprint density at radius 1 is 1.19 bits per heavy atom. The minimum Gasteiger partial charge on any atom is -0.478 e. The molecule has 0 spiro atoms. The number of rotatable bonds is 6. The van der Waals surface area contributed by atoms with E-state index in [1.54, 1.807) is 30.3 Å².